The van der Waals surface area contributed by atoms with Crippen molar-refractivity contribution in [1.29, 1.82) is 0 Å². The van der Waals surface area contributed by atoms with Crippen LogP contribution in [0.15, 0.2) is 18.2 Å². The Labute approximate surface area is 155 Å². The number of aryl methyl sites for hydroxylation is 1. The quantitative estimate of drug-likeness (QED) is 0.753. The number of rotatable bonds is 2. The molecule has 8 nitrogen and oxygen atoms in total. The number of carbonyl (C=O) groups excluding carboxylic acids is 3. The smallest absolute Gasteiger partial charge is 0.276 e. The molecule has 27 heavy (non-hydrogen) atoms. The van der Waals surface area contributed by atoms with E-state index >= 15 is 0 Å². The summed E-state index contributed by atoms with van der Waals surface area (Å²) in [4.78, 5) is 39.5. The first-order valence-corrected chi connectivity index (χ1v) is 9.25. The van der Waals surface area contributed by atoms with Gasteiger partial charge in [0, 0.05) is 23.5 Å². The Morgan fingerprint density at radius 2 is 2.11 bits per heavy atom. The van der Waals surface area contributed by atoms with Crippen LogP contribution in [0.3, 0.4) is 0 Å². The van der Waals surface area contributed by atoms with Gasteiger partial charge in [0.25, 0.3) is 11.8 Å². The maximum atomic E-state index is 12.9. The summed E-state index contributed by atoms with van der Waals surface area (Å²) in [6.07, 6.45) is 4.28. The number of nitrogens with one attached hydrogen (secondary N) is 3. The number of amides is 3. The van der Waals surface area contributed by atoms with Gasteiger partial charge in [-0.3, -0.25) is 19.5 Å². The van der Waals surface area contributed by atoms with Crippen molar-refractivity contribution in [3.63, 3.8) is 0 Å². The number of hydrogen-bond acceptors (Lipinski definition) is 4. The fraction of sp³-hybridized carbons (Fsp3) is 0.368. The summed E-state index contributed by atoms with van der Waals surface area (Å²) in [5, 5.41) is 12.7. The highest BCUT2D eigenvalue weighted by atomic mass is 16.2. The first-order valence-electron chi connectivity index (χ1n) is 9.25. The van der Waals surface area contributed by atoms with Gasteiger partial charge in [-0.1, -0.05) is 0 Å². The second kappa shape index (κ2) is 5.94. The van der Waals surface area contributed by atoms with E-state index in [2.05, 4.69) is 20.8 Å². The molecule has 2 aliphatic heterocycles. The predicted molar refractivity (Wildman–Crippen MR) is 97.7 cm³/mol. The van der Waals surface area contributed by atoms with Gasteiger partial charge in [0.1, 0.15) is 6.04 Å². The maximum absolute atomic E-state index is 12.9. The first kappa shape index (κ1) is 16.0. The normalized spacial score (nSPS) is 20.6. The van der Waals surface area contributed by atoms with Gasteiger partial charge in [0.05, 0.1) is 11.3 Å². The van der Waals surface area contributed by atoms with Crippen LogP contribution in [0.5, 0.6) is 0 Å². The zero-order valence-corrected chi connectivity index (χ0v) is 14.7. The average Bonchev–Trinajstić information content (AvgIpc) is 3.37. The molecule has 3 aliphatic rings. The van der Waals surface area contributed by atoms with Crippen molar-refractivity contribution in [3.8, 4) is 0 Å². The van der Waals surface area contributed by atoms with Crippen LogP contribution in [0.4, 0.5) is 11.4 Å². The Bertz CT molecular complexity index is 980. The monoisotopic (exact) mass is 365 g/mol. The van der Waals surface area contributed by atoms with Gasteiger partial charge in [-0.25, -0.2) is 0 Å². The van der Waals surface area contributed by atoms with Crippen LogP contribution in [0.25, 0.3) is 0 Å². The molecule has 1 fully saturated rings. The van der Waals surface area contributed by atoms with Crippen LogP contribution in [0.1, 0.15) is 51.4 Å². The molecule has 2 aromatic rings. The summed E-state index contributed by atoms with van der Waals surface area (Å²) in [6.45, 7) is 0.576. The molecule has 3 amide bonds. The molecular formula is C19H19N5O3. The topological polar surface area (TPSA) is 107 Å². The third-order valence-electron chi connectivity index (χ3n) is 5.60. The van der Waals surface area contributed by atoms with Gasteiger partial charge in [0.15, 0.2) is 5.69 Å². The summed E-state index contributed by atoms with van der Waals surface area (Å²) in [5.41, 5.74) is 3.81. The molecule has 3 N–H and O–H groups in total. The molecule has 0 saturated carbocycles. The third-order valence-corrected chi connectivity index (χ3v) is 5.60. The lowest BCUT2D eigenvalue weighted by molar-refractivity contribution is -0.119. The number of fused-ring (bicyclic) bond motifs is 3. The van der Waals surface area contributed by atoms with E-state index in [0.717, 1.165) is 36.9 Å². The van der Waals surface area contributed by atoms with Crippen molar-refractivity contribution in [3.05, 3.63) is 40.7 Å². The van der Waals surface area contributed by atoms with Crippen LogP contribution in [-0.4, -0.2) is 45.4 Å². The van der Waals surface area contributed by atoms with Crippen LogP contribution in [-0.2, 0) is 17.6 Å². The minimum atomic E-state index is -0.408. The molecule has 1 aromatic heterocycles. The number of aromatic nitrogens is 2. The van der Waals surface area contributed by atoms with Crippen LogP contribution < -0.4 is 10.6 Å². The standard InChI is InChI=1S/C19H19N5O3/c25-17-15-5-2-8-24(15)19(27)12-9-10(6-7-13(12)21-17)20-18(26)16-11-3-1-4-14(11)22-23-16/h6-7,9,15H,1-5,8H2,(H,20,26)(H,21,25)(H,22,23). The van der Waals surface area contributed by atoms with Gasteiger partial charge in [0.2, 0.25) is 5.91 Å². The van der Waals surface area contributed by atoms with Crippen LogP contribution in [0, 0.1) is 0 Å². The summed E-state index contributed by atoms with van der Waals surface area (Å²) < 4.78 is 0. The van der Waals surface area contributed by atoms with E-state index < -0.39 is 6.04 Å². The van der Waals surface area contributed by atoms with Gasteiger partial charge in [-0.2, -0.15) is 5.10 Å². The molecule has 1 aliphatic carbocycles. The molecule has 0 spiro atoms. The number of H-pyrrole nitrogens is 1. The van der Waals surface area contributed by atoms with Crippen molar-refractivity contribution in [1.82, 2.24) is 15.1 Å². The maximum Gasteiger partial charge on any atom is 0.276 e. The Morgan fingerprint density at radius 1 is 1.22 bits per heavy atom. The van der Waals surface area contributed by atoms with Crippen molar-refractivity contribution < 1.29 is 14.4 Å². The summed E-state index contributed by atoms with van der Waals surface area (Å²) in [7, 11) is 0. The van der Waals surface area contributed by atoms with Crippen molar-refractivity contribution in [2.24, 2.45) is 0 Å². The Hall–Kier alpha value is -3.16. The van der Waals surface area contributed by atoms with Crippen LogP contribution >= 0.6 is 0 Å². The second-order valence-electron chi connectivity index (χ2n) is 7.24. The zero-order valence-electron chi connectivity index (χ0n) is 14.7. The summed E-state index contributed by atoms with van der Waals surface area (Å²) >= 11 is 0. The average molecular weight is 365 g/mol. The Balaban J connectivity index is 1.44. The molecule has 1 aromatic carbocycles. The van der Waals surface area contributed by atoms with E-state index in [9.17, 15) is 14.4 Å². The molecule has 0 radical (unpaired) electrons. The Morgan fingerprint density at radius 3 is 3.00 bits per heavy atom. The molecule has 3 heterocycles. The van der Waals surface area contributed by atoms with E-state index in [1.165, 1.54) is 0 Å². The number of anilines is 2. The largest absolute Gasteiger partial charge is 0.327 e. The fourth-order valence-corrected chi connectivity index (χ4v) is 4.26. The molecule has 138 valence electrons. The van der Waals surface area contributed by atoms with Gasteiger partial charge < -0.3 is 15.5 Å². The fourth-order valence-electron chi connectivity index (χ4n) is 4.26. The highest BCUT2D eigenvalue weighted by Gasteiger charge is 2.38. The first-order chi connectivity index (χ1) is 13.1. The Kier molecular flexibility index (Phi) is 3.53. The predicted octanol–water partition coefficient (Wildman–Crippen LogP) is 1.71. The lowest BCUT2D eigenvalue weighted by atomic mass is 10.1. The van der Waals surface area contributed by atoms with Gasteiger partial charge in [-0.15, -0.1) is 0 Å². The minimum absolute atomic E-state index is 0.150. The molecule has 8 heteroatoms. The number of aromatic amines is 1. The summed E-state index contributed by atoms with van der Waals surface area (Å²) in [6, 6.07) is 4.57. The number of nitrogens with zero attached hydrogens (tertiary/aromatic N) is 2. The molecule has 1 unspecified atom stereocenters. The lowest BCUT2D eigenvalue weighted by Gasteiger charge is -2.20. The molecular weight excluding hydrogens is 346 g/mol. The van der Waals surface area contributed by atoms with Gasteiger partial charge >= 0.3 is 0 Å². The number of hydrogen-bond donors (Lipinski definition) is 3. The van der Waals surface area contributed by atoms with E-state index in [-0.39, 0.29) is 17.7 Å². The minimum Gasteiger partial charge on any atom is -0.327 e. The molecule has 5 rings (SSSR count). The highest BCUT2D eigenvalue weighted by molar-refractivity contribution is 6.11. The van der Waals surface area contributed by atoms with Crippen molar-refractivity contribution in [2.75, 3.05) is 17.2 Å². The molecule has 1 atom stereocenters. The number of carbonyl (C=O) groups is 3. The SMILES string of the molecule is O=C(Nc1ccc2c(c1)C(=O)N1CCCC1C(=O)N2)c1n[nH]c2c1CCC2. The molecule has 1 saturated heterocycles. The molecule has 0 bridgehead atoms. The van der Waals surface area contributed by atoms with E-state index in [4.69, 9.17) is 0 Å². The van der Waals surface area contributed by atoms with Gasteiger partial charge in [-0.05, 0) is 50.3 Å². The second-order valence-corrected chi connectivity index (χ2v) is 7.24. The lowest BCUT2D eigenvalue weighted by Crippen LogP contribution is -2.40. The van der Waals surface area contributed by atoms with E-state index in [0.29, 0.717) is 35.6 Å². The van der Waals surface area contributed by atoms with Crippen molar-refractivity contribution in [2.45, 2.75) is 38.1 Å². The third kappa shape index (κ3) is 2.51. The number of benzene rings is 1. The van der Waals surface area contributed by atoms with E-state index in [1.807, 2.05) is 0 Å². The van der Waals surface area contributed by atoms with E-state index in [1.54, 1.807) is 23.1 Å². The van der Waals surface area contributed by atoms with Crippen molar-refractivity contribution >= 4 is 29.1 Å². The zero-order chi connectivity index (χ0) is 18.5. The highest BCUT2D eigenvalue weighted by Crippen LogP contribution is 2.31. The summed E-state index contributed by atoms with van der Waals surface area (Å²) in [5.74, 6) is -0.621. The van der Waals surface area contributed by atoms with Crippen LogP contribution in [0.2, 0.25) is 0 Å².